The molecule has 13 heteroatoms. The lowest BCUT2D eigenvalue weighted by Gasteiger charge is -2.40. The molecule has 1 heterocycles. The number of hydrogen-bond donors (Lipinski definition) is 4. The van der Waals surface area contributed by atoms with Gasteiger partial charge in [0.05, 0.1) is 36.6 Å². The quantitative estimate of drug-likeness (QED) is 0.155. The van der Waals surface area contributed by atoms with Crippen LogP contribution in [0.25, 0.3) is 0 Å². The molecule has 0 radical (unpaired) electrons. The Morgan fingerprint density at radius 3 is 2.13 bits per heavy atom. The Morgan fingerprint density at radius 2 is 1.59 bits per heavy atom. The Bertz CT molecular complexity index is 1540. The van der Waals surface area contributed by atoms with Crippen LogP contribution in [0.15, 0.2) is 54.6 Å². The van der Waals surface area contributed by atoms with Crippen molar-refractivity contribution in [3.05, 3.63) is 65.7 Å². The Morgan fingerprint density at radius 1 is 0.944 bits per heavy atom. The molecule has 1 aliphatic rings. The number of nitrogens with zero attached hydrogens (tertiary/aromatic N) is 2. The first-order chi connectivity index (χ1) is 25.7. The van der Waals surface area contributed by atoms with E-state index in [1.54, 1.807) is 55.1 Å². The van der Waals surface area contributed by atoms with Crippen LogP contribution in [0.2, 0.25) is 0 Å². The van der Waals surface area contributed by atoms with Crippen LogP contribution in [0.1, 0.15) is 76.2 Å². The summed E-state index contributed by atoms with van der Waals surface area (Å²) in [6.45, 7) is 9.93. The van der Waals surface area contributed by atoms with Crippen LogP contribution in [0.5, 0.6) is 0 Å². The highest BCUT2D eigenvalue weighted by Crippen LogP contribution is 2.30. The molecule has 4 N–H and O–H groups in total. The molecule has 4 amide bonds. The first-order valence-corrected chi connectivity index (χ1v) is 19.0. The van der Waals surface area contributed by atoms with E-state index in [9.17, 15) is 29.1 Å². The van der Waals surface area contributed by atoms with Crippen molar-refractivity contribution in [1.29, 1.82) is 0 Å². The van der Waals surface area contributed by atoms with Crippen molar-refractivity contribution < 1.29 is 38.6 Å². The van der Waals surface area contributed by atoms with E-state index >= 15 is 0 Å². The maximum Gasteiger partial charge on any atom is 0.326 e. The summed E-state index contributed by atoms with van der Waals surface area (Å²) in [5, 5.41) is 18.5. The minimum Gasteiger partial charge on any atom is -0.480 e. The van der Waals surface area contributed by atoms with Crippen molar-refractivity contribution in [2.24, 2.45) is 17.8 Å². The van der Waals surface area contributed by atoms with E-state index in [0.29, 0.717) is 31.4 Å². The van der Waals surface area contributed by atoms with E-state index in [1.807, 2.05) is 58.0 Å². The second-order valence-corrected chi connectivity index (χ2v) is 14.7. The number of likely N-dealkylation sites (tertiary alicyclic amines) is 1. The van der Waals surface area contributed by atoms with Gasteiger partial charge in [-0.15, -0.1) is 0 Å². The number of benzene rings is 2. The summed E-state index contributed by atoms with van der Waals surface area (Å²) in [6, 6.07) is 13.2. The lowest BCUT2D eigenvalue weighted by Crippen LogP contribution is -2.57. The average molecular weight is 752 g/mol. The predicted molar refractivity (Wildman–Crippen MR) is 208 cm³/mol. The molecule has 1 unspecified atom stereocenters. The monoisotopic (exact) mass is 751 g/mol. The van der Waals surface area contributed by atoms with Gasteiger partial charge in [-0.25, -0.2) is 4.79 Å². The number of methoxy groups -OCH3 is 2. The van der Waals surface area contributed by atoms with Crippen molar-refractivity contribution in [2.75, 3.05) is 40.2 Å². The van der Waals surface area contributed by atoms with Gasteiger partial charge in [0.15, 0.2) is 0 Å². The number of aliphatic carboxylic acids is 1. The molecular formula is C41H61N5O8. The minimum absolute atomic E-state index is 0.0225. The van der Waals surface area contributed by atoms with Crippen molar-refractivity contribution in [3.63, 3.8) is 0 Å². The van der Waals surface area contributed by atoms with E-state index in [-0.39, 0.29) is 42.4 Å². The third-order valence-corrected chi connectivity index (χ3v) is 10.8. The third-order valence-electron chi connectivity index (χ3n) is 10.8. The van der Waals surface area contributed by atoms with E-state index in [0.717, 1.165) is 11.3 Å². The largest absolute Gasteiger partial charge is 0.480 e. The summed E-state index contributed by atoms with van der Waals surface area (Å²) in [6.07, 6.45) is 0.757. The maximum atomic E-state index is 14.2. The topological polar surface area (TPSA) is 167 Å². The Balaban J connectivity index is 1.76. The summed E-state index contributed by atoms with van der Waals surface area (Å²) < 4.78 is 11.8. The molecule has 298 valence electrons. The van der Waals surface area contributed by atoms with Gasteiger partial charge in [-0.05, 0) is 54.5 Å². The molecule has 0 spiro atoms. The van der Waals surface area contributed by atoms with Gasteiger partial charge in [0, 0.05) is 52.5 Å². The predicted octanol–water partition coefficient (Wildman–Crippen LogP) is 4.22. The zero-order chi connectivity index (χ0) is 40.1. The number of carbonyl (C=O) groups is 5. The van der Waals surface area contributed by atoms with Crippen LogP contribution in [0, 0.1) is 17.8 Å². The number of likely N-dealkylation sites (N-methyl/N-ethyl adjacent to an activating group) is 1. The van der Waals surface area contributed by atoms with Crippen molar-refractivity contribution >= 4 is 35.3 Å². The lowest BCUT2D eigenvalue weighted by molar-refractivity contribution is -0.147. The summed E-state index contributed by atoms with van der Waals surface area (Å²) >= 11 is 0. The van der Waals surface area contributed by atoms with Gasteiger partial charge < -0.3 is 40.3 Å². The molecule has 0 saturated carbocycles. The van der Waals surface area contributed by atoms with Gasteiger partial charge in [0.2, 0.25) is 17.7 Å². The fraction of sp³-hybridized carbons (Fsp3) is 0.585. The Labute approximate surface area is 320 Å². The molecule has 54 heavy (non-hydrogen) atoms. The summed E-state index contributed by atoms with van der Waals surface area (Å²) in [7, 11) is 6.51. The first kappa shape index (κ1) is 43.9. The lowest BCUT2D eigenvalue weighted by atomic mass is 9.89. The van der Waals surface area contributed by atoms with Crippen LogP contribution in [0.4, 0.5) is 5.69 Å². The molecular weight excluding hydrogens is 690 g/mol. The van der Waals surface area contributed by atoms with Crippen LogP contribution in [-0.4, -0.2) is 116 Å². The number of rotatable bonds is 20. The number of amides is 4. The molecule has 1 aliphatic heterocycles. The van der Waals surface area contributed by atoms with Crippen molar-refractivity contribution in [1.82, 2.24) is 20.4 Å². The van der Waals surface area contributed by atoms with Crippen molar-refractivity contribution in [3.8, 4) is 0 Å². The fourth-order valence-corrected chi connectivity index (χ4v) is 7.40. The number of carboxylic acid groups (broad SMARTS) is 1. The normalized spacial score (nSPS) is 18.1. The van der Waals surface area contributed by atoms with Crippen molar-refractivity contribution in [2.45, 2.75) is 103 Å². The van der Waals surface area contributed by atoms with Gasteiger partial charge in [0.25, 0.3) is 5.91 Å². The second-order valence-electron chi connectivity index (χ2n) is 14.7. The fourth-order valence-electron chi connectivity index (χ4n) is 7.40. The summed E-state index contributed by atoms with van der Waals surface area (Å²) in [5.41, 5.74) is 2.08. The highest BCUT2D eigenvalue weighted by atomic mass is 16.5. The van der Waals surface area contributed by atoms with Gasteiger partial charge in [-0.1, -0.05) is 71.4 Å². The maximum absolute atomic E-state index is 14.2. The molecule has 0 bridgehead atoms. The van der Waals surface area contributed by atoms with E-state index in [2.05, 4.69) is 16.0 Å². The van der Waals surface area contributed by atoms with Gasteiger partial charge in [-0.3, -0.25) is 19.2 Å². The van der Waals surface area contributed by atoms with Crippen LogP contribution in [-0.2, 0) is 35.1 Å². The molecule has 13 nitrogen and oxygen atoms in total. The van der Waals surface area contributed by atoms with Crippen LogP contribution >= 0.6 is 0 Å². The molecule has 8 atom stereocenters. The zero-order valence-corrected chi connectivity index (χ0v) is 33.3. The molecule has 0 aromatic heterocycles. The molecule has 2 aromatic rings. The van der Waals surface area contributed by atoms with E-state index in [4.69, 9.17) is 9.47 Å². The zero-order valence-electron chi connectivity index (χ0n) is 33.3. The highest BCUT2D eigenvalue weighted by molar-refractivity contribution is 5.98. The summed E-state index contributed by atoms with van der Waals surface area (Å²) in [5.74, 6) is -3.49. The van der Waals surface area contributed by atoms with E-state index in [1.165, 1.54) is 14.2 Å². The molecule has 2 aromatic carbocycles. The number of carboxylic acids is 1. The molecule has 3 rings (SSSR count). The minimum atomic E-state index is -1.14. The van der Waals surface area contributed by atoms with Gasteiger partial charge in [0.1, 0.15) is 12.1 Å². The standard InChI is InChI=1S/C41H61N5O8/c1-10-26(4)36(45(7)40(50)35(25(2)3)44-39(49)29-18-20-30(42-6)21-19-29)33(53-8)24-34(47)46-22-14-17-32(46)37(54-9)27(5)38(48)43-31(41(51)52)23-28-15-12-11-13-16-28/h11-13,15-16,18-21,25-27,31-33,35-37,42H,10,14,17,22-24H2,1-9H3,(H,43,48)(H,44,49)(H,51,52)/t26-,27+,31-,32-,33+,35?,36-,37+/m0/s1. The summed E-state index contributed by atoms with van der Waals surface area (Å²) in [4.78, 5) is 70.5. The van der Waals surface area contributed by atoms with Gasteiger partial charge >= 0.3 is 5.97 Å². The molecule has 1 saturated heterocycles. The third kappa shape index (κ3) is 11.3. The van der Waals surface area contributed by atoms with Gasteiger partial charge in [-0.2, -0.15) is 0 Å². The second kappa shape index (κ2) is 20.8. The van der Waals surface area contributed by atoms with Crippen LogP contribution in [0.3, 0.4) is 0 Å². The number of nitrogens with one attached hydrogen (secondary N) is 3. The number of carbonyl (C=O) groups excluding carboxylic acids is 4. The SMILES string of the molecule is CC[C@H](C)[C@@H]([C@@H](CC(=O)N1CCC[C@H]1[C@H](OC)[C@@H](C)C(=O)N[C@@H](Cc1ccccc1)C(=O)O)OC)N(C)C(=O)C(NC(=O)c1ccc(NC)cc1)C(C)C. The molecule has 0 aliphatic carbocycles. The Kier molecular flexibility index (Phi) is 16.9. The number of anilines is 1. The average Bonchev–Trinajstić information content (AvgIpc) is 3.66. The Hall–Kier alpha value is -4.49. The first-order valence-electron chi connectivity index (χ1n) is 19.0. The highest BCUT2D eigenvalue weighted by Gasteiger charge is 2.43. The molecule has 1 fully saturated rings. The van der Waals surface area contributed by atoms with E-state index < -0.39 is 54.2 Å². The smallest absolute Gasteiger partial charge is 0.326 e. The number of ether oxygens (including phenoxy) is 2. The van der Waals surface area contributed by atoms with Crippen LogP contribution < -0.4 is 16.0 Å². The number of hydrogen-bond acceptors (Lipinski definition) is 8.